The minimum atomic E-state index is 0.574. The van der Waals surface area contributed by atoms with Gasteiger partial charge in [0, 0.05) is 12.1 Å². The molecule has 0 amide bonds. The van der Waals surface area contributed by atoms with Crippen molar-refractivity contribution in [2.75, 3.05) is 6.61 Å². The first-order chi connectivity index (χ1) is 7.78. The maximum atomic E-state index is 5.42. The van der Waals surface area contributed by atoms with Crippen LogP contribution in [0.3, 0.4) is 0 Å². The third-order valence-electron chi connectivity index (χ3n) is 2.87. The van der Waals surface area contributed by atoms with Crippen LogP contribution in [0.25, 0.3) is 0 Å². The van der Waals surface area contributed by atoms with Crippen molar-refractivity contribution >= 4 is 0 Å². The van der Waals surface area contributed by atoms with Crippen LogP contribution in [0.4, 0.5) is 0 Å². The van der Waals surface area contributed by atoms with Gasteiger partial charge in [-0.2, -0.15) is 0 Å². The van der Waals surface area contributed by atoms with E-state index in [9.17, 15) is 0 Å². The molecule has 1 aromatic carbocycles. The van der Waals surface area contributed by atoms with Crippen molar-refractivity contribution in [2.45, 2.75) is 45.2 Å². The van der Waals surface area contributed by atoms with Crippen LogP contribution in [0, 0.1) is 0 Å². The summed E-state index contributed by atoms with van der Waals surface area (Å²) in [7, 11) is 0. The van der Waals surface area contributed by atoms with Crippen LogP contribution in [0.2, 0.25) is 0 Å². The van der Waals surface area contributed by atoms with Crippen LogP contribution >= 0.6 is 0 Å². The first kappa shape index (κ1) is 11.5. The molecule has 0 bridgehead atoms. The van der Waals surface area contributed by atoms with Crippen LogP contribution in [-0.4, -0.2) is 18.7 Å². The lowest BCUT2D eigenvalue weighted by Gasteiger charge is -2.13. The maximum absolute atomic E-state index is 5.42. The molecule has 88 valence electrons. The Morgan fingerprint density at radius 2 is 2.00 bits per heavy atom. The van der Waals surface area contributed by atoms with Crippen molar-refractivity contribution in [3.8, 4) is 5.75 Å². The highest BCUT2D eigenvalue weighted by Gasteiger charge is 2.22. The lowest BCUT2D eigenvalue weighted by molar-refractivity contribution is 0.340. The van der Waals surface area contributed by atoms with Crippen LogP contribution in [0.1, 0.15) is 32.3 Å². The molecule has 1 aromatic rings. The molecule has 1 aliphatic carbocycles. The molecule has 1 saturated carbocycles. The first-order valence-corrected chi connectivity index (χ1v) is 6.25. The molecule has 2 nitrogen and oxygen atoms in total. The third kappa shape index (κ3) is 3.53. The van der Waals surface area contributed by atoms with Gasteiger partial charge in [0.2, 0.25) is 0 Å². The molecule has 1 aliphatic rings. The Labute approximate surface area is 98.0 Å². The molecule has 0 aromatic heterocycles. The van der Waals surface area contributed by atoms with E-state index in [1.807, 2.05) is 6.92 Å². The van der Waals surface area contributed by atoms with E-state index in [1.54, 1.807) is 0 Å². The number of rotatable bonds is 6. The van der Waals surface area contributed by atoms with E-state index in [-0.39, 0.29) is 0 Å². The second-order valence-electron chi connectivity index (χ2n) is 4.62. The van der Waals surface area contributed by atoms with Crippen molar-refractivity contribution in [3.05, 3.63) is 29.8 Å². The minimum absolute atomic E-state index is 0.574. The number of benzene rings is 1. The number of nitrogens with one attached hydrogen (secondary N) is 1. The Hall–Kier alpha value is -1.02. The van der Waals surface area contributed by atoms with Gasteiger partial charge in [0.25, 0.3) is 0 Å². The van der Waals surface area contributed by atoms with Gasteiger partial charge in [0.1, 0.15) is 5.75 Å². The summed E-state index contributed by atoms with van der Waals surface area (Å²) < 4.78 is 5.42. The van der Waals surface area contributed by atoms with Gasteiger partial charge in [-0.25, -0.2) is 0 Å². The highest BCUT2D eigenvalue weighted by molar-refractivity contribution is 5.27. The van der Waals surface area contributed by atoms with E-state index in [0.717, 1.165) is 24.8 Å². The highest BCUT2D eigenvalue weighted by atomic mass is 16.5. The van der Waals surface area contributed by atoms with E-state index in [2.05, 4.69) is 36.5 Å². The van der Waals surface area contributed by atoms with Crippen molar-refractivity contribution in [2.24, 2.45) is 0 Å². The third-order valence-corrected chi connectivity index (χ3v) is 2.87. The van der Waals surface area contributed by atoms with E-state index in [1.165, 1.54) is 18.4 Å². The van der Waals surface area contributed by atoms with E-state index in [0.29, 0.717) is 6.04 Å². The summed E-state index contributed by atoms with van der Waals surface area (Å²) in [5.41, 5.74) is 1.38. The van der Waals surface area contributed by atoms with E-state index >= 15 is 0 Å². The molecule has 2 heteroatoms. The summed E-state index contributed by atoms with van der Waals surface area (Å²) in [6.07, 6.45) is 3.81. The summed E-state index contributed by atoms with van der Waals surface area (Å²) in [5.74, 6) is 0.967. The fourth-order valence-corrected chi connectivity index (χ4v) is 1.95. The molecule has 1 fully saturated rings. The molecule has 0 spiro atoms. The topological polar surface area (TPSA) is 21.3 Å². The Morgan fingerprint density at radius 1 is 1.31 bits per heavy atom. The zero-order valence-corrected chi connectivity index (χ0v) is 10.2. The maximum Gasteiger partial charge on any atom is 0.119 e. The zero-order chi connectivity index (χ0) is 11.4. The van der Waals surface area contributed by atoms with Crippen LogP contribution in [-0.2, 0) is 6.42 Å². The summed E-state index contributed by atoms with van der Waals surface area (Å²) >= 11 is 0. The summed E-state index contributed by atoms with van der Waals surface area (Å²) in [5, 5.41) is 3.61. The lowest BCUT2D eigenvalue weighted by atomic mass is 10.1. The molecule has 0 radical (unpaired) electrons. The van der Waals surface area contributed by atoms with Gasteiger partial charge in [0.05, 0.1) is 6.61 Å². The van der Waals surface area contributed by atoms with Crippen LogP contribution < -0.4 is 10.1 Å². The van der Waals surface area contributed by atoms with Gasteiger partial charge in [-0.1, -0.05) is 12.1 Å². The SMILES string of the molecule is CCOc1ccc(CC(C)NC2CC2)cc1. The predicted octanol–water partition coefficient (Wildman–Crippen LogP) is 2.77. The van der Waals surface area contributed by atoms with Gasteiger partial charge < -0.3 is 10.1 Å². The molecule has 0 aliphatic heterocycles. The van der Waals surface area contributed by atoms with Gasteiger partial charge in [-0.05, 0) is 50.8 Å². The Morgan fingerprint density at radius 3 is 2.56 bits per heavy atom. The largest absolute Gasteiger partial charge is 0.494 e. The summed E-state index contributed by atoms with van der Waals surface area (Å²) in [6.45, 7) is 5.00. The molecule has 1 unspecified atom stereocenters. The summed E-state index contributed by atoms with van der Waals surface area (Å²) in [6, 6.07) is 9.81. The lowest BCUT2D eigenvalue weighted by Crippen LogP contribution is -2.29. The highest BCUT2D eigenvalue weighted by Crippen LogP contribution is 2.20. The molecule has 0 saturated heterocycles. The Kier molecular flexibility index (Phi) is 3.83. The fourth-order valence-electron chi connectivity index (χ4n) is 1.95. The molecule has 1 atom stereocenters. The van der Waals surface area contributed by atoms with Crippen LogP contribution in [0.5, 0.6) is 5.75 Å². The van der Waals surface area contributed by atoms with Crippen molar-refractivity contribution in [3.63, 3.8) is 0 Å². The number of hydrogen-bond acceptors (Lipinski definition) is 2. The van der Waals surface area contributed by atoms with E-state index < -0.39 is 0 Å². The second kappa shape index (κ2) is 5.35. The van der Waals surface area contributed by atoms with Crippen molar-refractivity contribution in [1.29, 1.82) is 0 Å². The number of hydrogen-bond donors (Lipinski definition) is 1. The molecular weight excluding hydrogens is 198 g/mol. The first-order valence-electron chi connectivity index (χ1n) is 6.25. The molecular formula is C14H21NO. The van der Waals surface area contributed by atoms with Crippen molar-refractivity contribution < 1.29 is 4.74 Å². The second-order valence-corrected chi connectivity index (χ2v) is 4.62. The number of ether oxygens (including phenoxy) is 1. The molecule has 2 rings (SSSR count). The Balaban J connectivity index is 1.83. The zero-order valence-electron chi connectivity index (χ0n) is 10.2. The predicted molar refractivity (Wildman–Crippen MR) is 66.9 cm³/mol. The van der Waals surface area contributed by atoms with Gasteiger partial charge in [0.15, 0.2) is 0 Å². The molecule has 0 heterocycles. The smallest absolute Gasteiger partial charge is 0.119 e. The summed E-state index contributed by atoms with van der Waals surface area (Å²) in [4.78, 5) is 0. The van der Waals surface area contributed by atoms with Crippen LogP contribution in [0.15, 0.2) is 24.3 Å². The Bertz CT molecular complexity index is 316. The monoisotopic (exact) mass is 219 g/mol. The van der Waals surface area contributed by atoms with Crippen molar-refractivity contribution in [1.82, 2.24) is 5.32 Å². The average molecular weight is 219 g/mol. The molecule has 16 heavy (non-hydrogen) atoms. The van der Waals surface area contributed by atoms with E-state index in [4.69, 9.17) is 4.74 Å². The van der Waals surface area contributed by atoms with Gasteiger partial charge in [-0.15, -0.1) is 0 Å². The standard InChI is InChI=1S/C14H21NO/c1-3-16-14-8-4-12(5-9-14)10-11(2)15-13-6-7-13/h4-5,8-9,11,13,15H,3,6-7,10H2,1-2H3. The fraction of sp³-hybridized carbons (Fsp3) is 0.571. The van der Waals surface area contributed by atoms with Gasteiger partial charge >= 0.3 is 0 Å². The molecule has 1 N–H and O–H groups in total. The van der Waals surface area contributed by atoms with Gasteiger partial charge in [-0.3, -0.25) is 0 Å². The normalized spacial score (nSPS) is 17.1. The minimum Gasteiger partial charge on any atom is -0.494 e. The average Bonchev–Trinajstić information content (AvgIpc) is 3.05. The quantitative estimate of drug-likeness (QED) is 0.794.